The normalized spacial score (nSPS) is 10.4. The average molecular weight is 228 g/mol. The van der Waals surface area contributed by atoms with Gasteiger partial charge in [-0.05, 0) is 36.5 Å². The van der Waals surface area contributed by atoms with Gasteiger partial charge in [0.15, 0.2) is 0 Å². The maximum absolute atomic E-state index is 4.40. The van der Waals surface area contributed by atoms with E-state index in [1.807, 2.05) is 55.7 Å². The lowest BCUT2D eigenvalue weighted by molar-refractivity contribution is 1.37. The van der Waals surface area contributed by atoms with Crippen LogP contribution in [0.5, 0.6) is 0 Å². The monoisotopic (exact) mass is 228 g/mol. The molecule has 80 valence electrons. The summed E-state index contributed by atoms with van der Waals surface area (Å²) in [4.78, 5) is 8.81. The summed E-state index contributed by atoms with van der Waals surface area (Å²) in [6, 6.07) is 11.9. The highest BCUT2D eigenvalue weighted by Crippen LogP contribution is 2.39. The van der Waals surface area contributed by atoms with E-state index in [9.17, 15) is 0 Å². The molecule has 2 aromatic rings. The van der Waals surface area contributed by atoms with Crippen LogP contribution in [0.25, 0.3) is 0 Å². The zero-order valence-corrected chi connectivity index (χ0v) is 10.1. The van der Waals surface area contributed by atoms with Crippen LogP contribution in [0.15, 0.2) is 60.7 Å². The molecule has 3 heteroatoms. The molecule has 2 aromatic heterocycles. The summed E-state index contributed by atoms with van der Waals surface area (Å²) in [5.74, 6) is 0. The van der Waals surface area contributed by atoms with Crippen molar-refractivity contribution in [1.82, 2.24) is 9.97 Å². The zero-order chi connectivity index (χ0) is 11.4. The first-order valence-electron chi connectivity index (χ1n) is 5.07. The molecule has 0 spiro atoms. The zero-order valence-electron chi connectivity index (χ0n) is 9.17. The van der Waals surface area contributed by atoms with Gasteiger partial charge in [0, 0.05) is 20.3 Å². The molecule has 2 nitrogen and oxygen atoms in total. The van der Waals surface area contributed by atoms with Crippen molar-refractivity contribution in [1.29, 1.82) is 0 Å². The molecule has 16 heavy (non-hydrogen) atoms. The van der Waals surface area contributed by atoms with Crippen molar-refractivity contribution in [2.75, 3.05) is 0 Å². The maximum Gasteiger partial charge on any atom is 0.0733 e. The molecule has 0 aliphatic carbocycles. The van der Waals surface area contributed by atoms with Gasteiger partial charge in [0.25, 0.3) is 0 Å². The van der Waals surface area contributed by atoms with E-state index in [0.717, 1.165) is 16.2 Å². The van der Waals surface area contributed by atoms with E-state index in [0.29, 0.717) is 0 Å². The van der Waals surface area contributed by atoms with Crippen LogP contribution in [-0.4, -0.2) is 9.97 Å². The lowest BCUT2D eigenvalue weighted by atomic mass is 10.5. The van der Waals surface area contributed by atoms with Crippen LogP contribution in [-0.2, 0) is 0 Å². The quantitative estimate of drug-likeness (QED) is 0.754. The molecule has 0 saturated carbocycles. The summed E-state index contributed by atoms with van der Waals surface area (Å²) in [5.41, 5.74) is 2.12. The topological polar surface area (TPSA) is 25.8 Å². The third kappa shape index (κ3) is 2.34. The highest BCUT2D eigenvalue weighted by molar-refractivity contribution is 7.76. The molecule has 2 heterocycles. The largest absolute Gasteiger partial charge is 0.256 e. The predicted octanol–water partition coefficient (Wildman–Crippen LogP) is 2.44. The Morgan fingerprint density at radius 2 is 1.50 bits per heavy atom. The van der Waals surface area contributed by atoms with Gasteiger partial charge in [-0.1, -0.05) is 18.7 Å². The number of allylic oxidation sites excluding steroid dienone is 1. The first-order valence-corrected chi connectivity index (χ1v) is 6.41. The second-order valence-corrected chi connectivity index (χ2v) is 5.80. The van der Waals surface area contributed by atoms with Gasteiger partial charge in [0.1, 0.15) is 0 Å². The molecule has 0 atom stereocenters. The van der Waals surface area contributed by atoms with Crippen LogP contribution >= 0.6 is 7.92 Å². The van der Waals surface area contributed by atoms with Gasteiger partial charge in [-0.3, -0.25) is 9.97 Å². The smallest absolute Gasteiger partial charge is 0.0733 e. The van der Waals surface area contributed by atoms with E-state index in [2.05, 4.69) is 16.5 Å². The molecular weight excluding hydrogens is 215 g/mol. The minimum absolute atomic E-state index is 0.627. The fraction of sp³-hybridized carbons (Fsp3) is 0.0769. The number of pyridine rings is 2. The van der Waals surface area contributed by atoms with Crippen molar-refractivity contribution in [3.63, 3.8) is 0 Å². The van der Waals surface area contributed by atoms with Crippen molar-refractivity contribution in [3.05, 3.63) is 60.7 Å². The Labute approximate surface area is 96.8 Å². The molecule has 0 amide bonds. The molecule has 0 fully saturated rings. The second kappa shape index (κ2) is 5.00. The minimum Gasteiger partial charge on any atom is -0.256 e. The highest BCUT2D eigenvalue weighted by Gasteiger charge is 2.16. The van der Waals surface area contributed by atoms with Crippen molar-refractivity contribution in [2.45, 2.75) is 6.92 Å². The summed E-state index contributed by atoms with van der Waals surface area (Å²) in [7, 11) is -0.627. The van der Waals surface area contributed by atoms with Crippen molar-refractivity contribution < 1.29 is 0 Å². The van der Waals surface area contributed by atoms with Crippen LogP contribution < -0.4 is 10.9 Å². The molecular formula is C13H13N2P. The highest BCUT2D eigenvalue weighted by atomic mass is 31.1. The lowest BCUT2D eigenvalue weighted by Crippen LogP contribution is -2.16. The van der Waals surface area contributed by atoms with Crippen molar-refractivity contribution in [2.24, 2.45) is 0 Å². The van der Waals surface area contributed by atoms with E-state index in [1.54, 1.807) is 0 Å². The fourth-order valence-corrected chi connectivity index (χ4v) is 3.33. The molecule has 0 unspecified atom stereocenters. The molecule has 0 N–H and O–H groups in total. The van der Waals surface area contributed by atoms with Crippen molar-refractivity contribution in [3.8, 4) is 0 Å². The second-order valence-electron chi connectivity index (χ2n) is 3.45. The Morgan fingerprint density at radius 1 is 1.00 bits per heavy atom. The SMILES string of the molecule is C=C(C)P(c1ccccn1)c1ccccn1. The van der Waals surface area contributed by atoms with Crippen LogP contribution in [0.2, 0.25) is 0 Å². The molecule has 0 aliphatic heterocycles. The third-order valence-corrected chi connectivity index (χ3v) is 4.35. The number of hydrogen-bond donors (Lipinski definition) is 0. The molecule has 2 rings (SSSR count). The van der Waals surface area contributed by atoms with E-state index in [-0.39, 0.29) is 0 Å². The van der Waals surface area contributed by atoms with Gasteiger partial charge in [0.05, 0.1) is 10.9 Å². The minimum atomic E-state index is -0.627. The maximum atomic E-state index is 4.40. The van der Waals surface area contributed by atoms with E-state index >= 15 is 0 Å². The summed E-state index contributed by atoms with van der Waals surface area (Å²) >= 11 is 0. The van der Waals surface area contributed by atoms with Gasteiger partial charge in [0.2, 0.25) is 0 Å². The number of rotatable bonds is 3. The Kier molecular flexibility index (Phi) is 3.43. The number of hydrogen-bond acceptors (Lipinski definition) is 2. The average Bonchev–Trinajstić information content (AvgIpc) is 2.31. The Bertz CT molecular complexity index is 428. The lowest BCUT2D eigenvalue weighted by Gasteiger charge is -2.15. The van der Waals surface area contributed by atoms with Gasteiger partial charge >= 0.3 is 0 Å². The summed E-state index contributed by atoms with van der Waals surface area (Å²) in [5, 5.41) is 1.12. The van der Waals surface area contributed by atoms with Gasteiger partial charge in [-0.2, -0.15) is 0 Å². The van der Waals surface area contributed by atoms with Crippen molar-refractivity contribution >= 4 is 18.8 Å². The first-order chi connectivity index (χ1) is 7.79. The van der Waals surface area contributed by atoms with Gasteiger partial charge in [-0.25, -0.2) is 0 Å². The van der Waals surface area contributed by atoms with Gasteiger partial charge < -0.3 is 0 Å². The Morgan fingerprint density at radius 3 is 1.81 bits per heavy atom. The standard InChI is InChI=1S/C13H13N2P/c1-11(2)16(12-7-3-5-9-14-12)13-8-4-6-10-15-13/h3-10H,1H2,2H3. The molecule has 0 bridgehead atoms. The van der Waals surface area contributed by atoms with Crippen LogP contribution in [0.4, 0.5) is 0 Å². The molecule has 0 aromatic carbocycles. The summed E-state index contributed by atoms with van der Waals surface area (Å²) < 4.78 is 0. The fourth-order valence-electron chi connectivity index (χ4n) is 1.48. The predicted molar refractivity (Wildman–Crippen MR) is 69.5 cm³/mol. The third-order valence-electron chi connectivity index (χ3n) is 2.14. The van der Waals surface area contributed by atoms with E-state index in [1.165, 1.54) is 0 Å². The summed E-state index contributed by atoms with van der Waals surface area (Å²) in [6.07, 6.45) is 3.63. The van der Waals surface area contributed by atoms with Crippen LogP contribution in [0, 0.1) is 0 Å². The number of nitrogens with zero attached hydrogens (tertiary/aromatic N) is 2. The summed E-state index contributed by atoms with van der Waals surface area (Å²) in [6.45, 7) is 6.09. The van der Waals surface area contributed by atoms with E-state index in [4.69, 9.17) is 0 Å². The number of aromatic nitrogens is 2. The van der Waals surface area contributed by atoms with E-state index < -0.39 is 7.92 Å². The molecule has 0 aliphatic rings. The Hall–Kier alpha value is -1.53. The van der Waals surface area contributed by atoms with Crippen LogP contribution in [0.1, 0.15) is 6.92 Å². The molecule has 0 radical (unpaired) electrons. The first kappa shape index (κ1) is 11.0. The van der Waals surface area contributed by atoms with Gasteiger partial charge in [-0.15, -0.1) is 0 Å². The van der Waals surface area contributed by atoms with Crippen LogP contribution in [0.3, 0.4) is 0 Å². The Balaban J connectivity index is 2.44. The molecule has 0 saturated heterocycles.